The van der Waals surface area contributed by atoms with Crippen LogP contribution in [0.5, 0.6) is 0 Å². The summed E-state index contributed by atoms with van der Waals surface area (Å²) in [5.74, 6) is 0. The molecule has 0 unspecified atom stereocenters. The standard InChI is InChI=1S/C10H14N4O3S/c1-14(6-8-2-3-17-7-8)18(15,16)10-9(4-11)5-12-13-10/h2-3,5,7H,4,6,11H2,1H3,(H,12,13). The number of nitrogens with two attached hydrogens (primary N) is 1. The molecule has 2 heterocycles. The van der Waals surface area contributed by atoms with Gasteiger partial charge in [0.15, 0.2) is 5.03 Å². The van der Waals surface area contributed by atoms with Crippen LogP contribution in [0.3, 0.4) is 0 Å². The summed E-state index contributed by atoms with van der Waals surface area (Å²) < 4.78 is 30.7. The fourth-order valence-electron chi connectivity index (χ4n) is 1.55. The highest BCUT2D eigenvalue weighted by atomic mass is 32.2. The van der Waals surface area contributed by atoms with E-state index in [0.717, 1.165) is 5.56 Å². The monoisotopic (exact) mass is 270 g/mol. The average Bonchev–Trinajstić information content (AvgIpc) is 2.98. The summed E-state index contributed by atoms with van der Waals surface area (Å²) in [4.78, 5) is 0. The first-order valence-electron chi connectivity index (χ1n) is 5.25. The molecule has 8 heteroatoms. The molecule has 0 bridgehead atoms. The number of sulfonamides is 1. The van der Waals surface area contributed by atoms with Crippen LogP contribution in [0.4, 0.5) is 0 Å². The normalized spacial score (nSPS) is 12.2. The van der Waals surface area contributed by atoms with Crippen LogP contribution >= 0.6 is 0 Å². The van der Waals surface area contributed by atoms with Gasteiger partial charge in [0.1, 0.15) is 0 Å². The molecule has 98 valence electrons. The average molecular weight is 270 g/mol. The predicted octanol–water partition coefficient (Wildman–Crippen LogP) is 0.282. The zero-order valence-corrected chi connectivity index (χ0v) is 10.6. The SMILES string of the molecule is CN(Cc1ccoc1)S(=O)(=O)c1[nH]ncc1CN. The molecule has 0 saturated carbocycles. The van der Waals surface area contributed by atoms with Crippen LogP contribution in [0.2, 0.25) is 0 Å². The number of furan rings is 1. The molecule has 2 rings (SSSR count). The topological polar surface area (TPSA) is 105 Å². The number of hydrogen-bond acceptors (Lipinski definition) is 5. The molecule has 0 aromatic carbocycles. The van der Waals surface area contributed by atoms with Gasteiger partial charge in [-0.25, -0.2) is 8.42 Å². The van der Waals surface area contributed by atoms with E-state index >= 15 is 0 Å². The van der Waals surface area contributed by atoms with E-state index < -0.39 is 10.0 Å². The molecule has 0 saturated heterocycles. The Bertz CT molecular complexity index is 603. The van der Waals surface area contributed by atoms with Gasteiger partial charge in [-0.2, -0.15) is 9.40 Å². The van der Waals surface area contributed by atoms with Crippen LogP contribution in [0.25, 0.3) is 0 Å². The quantitative estimate of drug-likeness (QED) is 0.812. The Hall–Kier alpha value is -1.64. The van der Waals surface area contributed by atoms with E-state index in [1.165, 1.54) is 30.1 Å². The molecular weight excluding hydrogens is 256 g/mol. The van der Waals surface area contributed by atoms with Crippen LogP contribution in [0.1, 0.15) is 11.1 Å². The largest absolute Gasteiger partial charge is 0.472 e. The maximum absolute atomic E-state index is 12.3. The fraction of sp³-hybridized carbons (Fsp3) is 0.300. The number of rotatable bonds is 5. The Kier molecular flexibility index (Phi) is 3.50. The molecule has 2 aromatic rings. The summed E-state index contributed by atoms with van der Waals surface area (Å²) in [6.45, 7) is 0.340. The second kappa shape index (κ2) is 4.92. The van der Waals surface area contributed by atoms with Crippen LogP contribution in [-0.4, -0.2) is 30.0 Å². The first kappa shape index (κ1) is 12.8. The minimum Gasteiger partial charge on any atom is -0.472 e. The maximum atomic E-state index is 12.3. The molecule has 0 aliphatic heterocycles. The number of hydrogen-bond donors (Lipinski definition) is 2. The Morgan fingerprint density at radius 1 is 1.56 bits per heavy atom. The molecule has 0 amide bonds. The Balaban J connectivity index is 2.26. The molecule has 3 N–H and O–H groups in total. The van der Waals surface area contributed by atoms with Gasteiger partial charge >= 0.3 is 0 Å². The molecule has 0 aliphatic rings. The van der Waals surface area contributed by atoms with Crippen LogP contribution in [-0.2, 0) is 23.1 Å². The van der Waals surface area contributed by atoms with Crippen LogP contribution in [0.15, 0.2) is 34.2 Å². The van der Waals surface area contributed by atoms with E-state index in [1.54, 1.807) is 6.07 Å². The van der Waals surface area contributed by atoms with Gasteiger partial charge in [0, 0.05) is 31.3 Å². The predicted molar refractivity (Wildman–Crippen MR) is 63.8 cm³/mol. The lowest BCUT2D eigenvalue weighted by Gasteiger charge is -2.15. The van der Waals surface area contributed by atoms with Crippen molar-refractivity contribution in [2.75, 3.05) is 7.05 Å². The third kappa shape index (κ3) is 2.30. The van der Waals surface area contributed by atoms with Crippen molar-refractivity contribution < 1.29 is 12.8 Å². The second-order valence-corrected chi connectivity index (χ2v) is 5.80. The van der Waals surface area contributed by atoms with E-state index in [1.807, 2.05) is 0 Å². The summed E-state index contributed by atoms with van der Waals surface area (Å²) in [6.07, 6.45) is 4.42. The molecule has 2 aromatic heterocycles. The van der Waals surface area contributed by atoms with Crippen molar-refractivity contribution in [3.8, 4) is 0 Å². The summed E-state index contributed by atoms with van der Waals surface area (Å²) in [5.41, 5.74) is 6.71. The van der Waals surface area contributed by atoms with Gasteiger partial charge in [-0.1, -0.05) is 0 Å². The third-order valence-electron chi connectivity index (χ3n) is 2.55. The van der Waals surface area contributed by atoms with Gasteiger partial charge in [-0.05, 0) is 6.07 Å². The number of nitrogens with one attached hydrogen (secondary N) is 1. The van der Waals surface area contributed by atoms with Crippen molar-refractivity contribution in [3.63, 3.8) is 0 Å². The van der Waals surface area contributed by atoms with Gasteiger partial charge in [0.25, 0.3) is 10.0 Å². The molecule has 0 fully saturated rings. The fourth-order valence-corrected chi connectivity index (χ4v) is 2.81. The Morgan fingerprint density at radius 3 is 2.94 bits per heavy atom. The molecule has 0 aliphatic carbocycles. The summed E-state index contributed by atoms with van der Waals surface area (Å²) in [5, 5.41) is 6.22. The lowest BCUT2D eigenvalue weighted by molar-refractivity contribution is 0.459. The minimum atomic E-state index is -3.62. The number of aromatic amines is 1. The van der Waals surface area contributed by atoms with Crippen molar-refractivity contribution >= 4 is 10.0 Å². The van der Waals surface area contributed by atoms with Gasteiger partial charge < -0.3 is 10.2 Å². The molecule has 0 atom stereocenters. The lowest BCUT2D eigenvalue weighted by atomic mass is 10.3. The highest BCUT2D eigenvalue weighted by Gasteiger charge is 2.25. The molecule has 18 heavy (non-hydrogen) atoms. The number of aromatic nitrogens is 2. The second-order valence-electron chi connectivity index (χ2n) is 3.82. The van der Waals surface area contributed by atoms with Crippen LogP contribution in [0, 0.1) is 0 Å². The van der Waals surface area contributed by atoms with Gasteiger partial charge in [-0.15, -0.1) is 0 Å². The van der Waals surface area contributed by atoms with Gasteiger partial charge in [0.05, 0.1) is 18.7 Å². The van der Waals surface area contributed by atoms with Crippen LogP contribution < -0.4 is 5.73 Å². The third-order valence-corrected chi connectivity index (χ3v) is 4.37. The number of nitrogens with zero attached hydrogens (tertiary/aromatic N) is 2. The van der Waals surface area contributed by atoms with Crippen molar-refractivity contribution in [2.24, 2.45) is 5.73 Å². The highest BCUT2D eigenvalue weighted by Crippen LogP contribution is 2.18. The van der Waals surface area contributed by atoms with Gasteiger partial charge in [0.2, 0.25) is 0 Å². The van der Waals surface area contributed by atoms with E-state index in [-0.39, 0.29) is 18.1 Å². The highest BCUT2D eigenvalue weighted by molar-refractivity contribution is 7.89. The van der Waals surface area contributed by atoms with Crippen molar-refractivity contribution in [2.45, 2.75) is 18.1 Å². The summed E-state index contributed by atoms with van der Waals surface area (Å²) in [6, 6.07) is 1.71. The number of H-pyrrole nitrogens is 1. The smallest absolute Gasteiger partial charge is 0.260 e. The Labute approximate surface area is 105 Å². The van der Waals surface area contributed by atoms with E-state index in [4.69, 9.17) is 10.2 Å². The first-order chi connectivity index (χ1) is 8.55. The molecule has 7 nitrogen and oxygen atoms in total. The molecule has 0 spiro atoms. The van der Waals surface area contributed by atoms with E-state index in [9.17, 15) is 8.42 Å². The zero-order chi connectivity index (χ0) is 13.2. The Morgan fingerprint density at radius 2 is 2.33 bits per heavy atom. The minimum absolute atomic E-state index is 0.0380. The zero-order valence-electron chi connectivity index (χ0n) is 9.83. The molecular formula is C10H14N4O3S. The van der Waals surface area contributed by atoms with E-state index in [0.29, 0.717) is 5.56 Å². The van der Waals surface area contributed by atoms with Gasteiger partial charge in [-0.3, -0.25) is 5.10 Å². The van der Waals surface area contributed by atoms with E-state index in [2.05, 4.69) is 10.2 Å². The van der Waals surface area contributed by atoms with Crippen molar-refractivity contribution in [1.82, 2.24) is 14.5 Å². The summed E-state index contributed by atoms with van der Waals surface area (Å²) in [7, 11) is -2.13. The lowest BCUT2D eigenvalue weighted by Crippen LogP contribution is -2.27. The van der Waals surface area contributed by atoms with Crippen molar-refractivity contribution in [1.29, 1.82) is 0 Å². The molecule has 0 radical (unpaired) electrons. The summed E-state index contributed by atoms with van der Waals surface area (Å²) >= 11 is 0. The maximum Gasteiger partial charge on any atom is 0.260 e. The first-order valence-corrected chi connectivity index (χ1v) is 6.69. The van der Waals surface area contributed by atoms with Crippen molar-refractivity contribution in [3.05, 3.63) is 35.9 Å².